The van der Waals surface area contributed by atoms with Crippen LogP contribution in [-0.2, 0) is 19.1 Å². The highest BCUT2D eigenvalue weighted by atomic mass is 16.6. The smallest absolute Gasteiger partial charge is 0.163 e. The van der Waals surface area contributed by atoms with Crippen LogP contribution in [0.5, 0.6) is 5.75 Å². The molecule has 8 atom stereocenters. The van der Waals surface area contributed by atoms with Crippen molar-refractivity contribution < 1.29 is 39.1 Å². The van der Waals surface area contributed by atoms with E-state index in [1.807, 2.05) is 6.92 Å². The minimum absolute atomic E-state index is 0.0256. The summed E-state index contributed by atoms with van der Waals surface area (Å²) in [6.07, 6.45) is -0.495. The lowest BCUT2D eigenvalue weighted by atomic mass is 9.86. The van der Waals surface area contributed by atoms with Crippen molar-refractivity contribution in [1.29, 1.82) is 0 Å². The summed E-state index contributed by atoms with van der Waals surface area (Å²) in [5, 5.41) is 30.7. The summed E-state index contributed by atoms with van der Waals surface area (Å²) < 4.78 is 16.4. The molecule has 0 amide bonds. The average Bonchev–Trinajstić information content (AvgIpc) is 3.56. The van der Waals surface area contributed by atoms with Crippen LogP contribution in [0.15, 0.2) is 30.3 Å². The molecule has 2 heterocycles. The fourth-order valence-electron chi connectivity index (χ4n) is 4.16. The number of hydrogen-bond acceptors (Lipinski definition) is 8. The number of aliphatic hydroxyl groups excluding tert-OH is 3. The van der Waals surface area contributed by atoms with Crippen LogP contribution in [0.1, 0.15) is 38.7 Å². The zero-order valence-electron chi connectivity index (χ0n) is 19.3. The Labute approximate surface area is 194 Å². The lowest BCUT2D eigenvalue weighted by Gasteiger charge is -2.37. The van der Waals surface area contributed by atoms with Crippen LogP contribution < -0.4 is 4.74 Å². The molecule has 2 aliphatic heterocycles. The number of rotatable bonds is 11. The van der Waals surface area contributed by atoms with Gasteiger partial charge in [0.25, 0.3) is 0 Å². The Bertz CT molecular complexity index is 833. The maximum atomic E-state index is 12.4. The van der Waals surface area contributed by atoms with Crippen LogP contribution in [0.3, 0.4) is 0 Å². The van der Waals surface area contributed by atoms with Gasteiger partial charge in [-0.15, -0.1) is 0 Å². The molecule has 33 heavy (non-hydrogen) atoms. The van der Waals surface area contributed by atoms with Gasteiger partial charge >= 0.3 is 0 Å². The first-order valence-electron chi connectivity index (χ1n) is 11.4. The molecule has 0 radical (unpaired) electrons. The van der Waals surface area contributed by atoms with Crippen LogP contribution in [0.4, 0.5) is 0 Å². The fourth-order valence-corrected chi connectivity index (χ4v) is 4.16. The Kier molecular flexibility index (Phi) is 8.78. The van der Waals surface area contributed by atoms with Crippen LogP contribution >= 0.6 is 0 Å². The normalized spacial score (nSPS) is 31.2. The number of carbonyl (C=O) groups is 2. The lowest BCUT2D eigenvalue weighted by molar-refractivity contribution is -0.170. The second-order valence-corrected chi connectivity index (χ2v) is 9.08. The lowest BCUT2D eigenvalue weighted by Crippen LogP contribution is -2.51. The molecule has 8 nitrogen and oxygen atoms in total. The molecule has 1 aromatic carbocycles. The number of benzene rings is 1. The summed E-state index contributed by atoms with van der Waals surface area (Å²) in [6.45, 7) is 3.73. The minimum Gasteiger partial charge on any atom is -0.497 e. The Morgan fingerprint density at radius 1 is 1.15 bits per heavy atom. The van der Waals surface area contributed by atoms with Gasteiger partial charge < -0.3 is 29.5 Å². The fraction of sp³-hybridized carbons (Fsp3) is 0.600. The Morgan fingerprint density at radius 2 is 1.85 bits per heavy atom. The number of Topliss-reactive ketones (excluding diaryl/α,β-unsaturated/α-hetero) is 1. The van der Waals surface area contributed by atoms with E-state index in [1.54, 1.807) is 44.4 Å². The first kappa shape index (κ1) is 25.5. The predicted molar refractivity (Wildman–Crippen MR) is 121 cm³/mol. The summed E-state index contributed by atoms with van der Waals surface area (Å²) in [6, 6.07) is 7.17. The number of hydrogen-bond donors (Lipinski definition) is 3. The zero-order chi connectivity index (χ0) is 24.1. The molecule has 0 unspecified atom stereocenters. The highest BCUT2D eigenvalue weighted by Gasteiger charge is 2.48. The van der Waals surface area contributed by atoms with Crippen molar-refractivity contribution in [1.82, 2.24) is 0 Å². The largest absolute Gasteiger partial charge is 0.497 e. The van der Waals surface area contributed by atoms with Gasteiger partial charge in [0.2, 0.25) is 0 Å². The molecule has 0 saturated carbocycles. The SMILES string of the molecule is COc1ccc(/C=C/C(=O)CC(=O)C[C@H]2CO[C@@H](C[C@@H]3O[C@H]3[C@@H](C)[C@H](C)O)[C@H](O)[C@@H]2O)cc1. The van der Waals surface area contributed by atoms with Gasteiger partial charge in [0.05, 0.1) is 50.7 Å². The van der Waals surface area contributed by atoms with E-state index in [1.165, 1.54) is 6.08 Å². The zero-order valence-corrected chi connectivity index (χ0v) is 19.3. The monoisotopic (exact) mass is 462 g/mol. The summed E-state index contributed by atoms with van der Waals surface area (Å²) in [4.78, 5) is 24.5. The van der Waals surface area contributed by atoms with E-state index in [-0.39, 0.29) is 49.1 Å². The predicted octanol–water partition coefficient (Wildman–Crippen LogP) is 1.54. The van der Waals surface area contributed by atoms with Gasteiger partial charge in [0, 0.05) is 24.7 Å². The van der Waals surface area contributed by atoms with Crippen molar-refractivity contribution in [2.75, 3.05) is 13.7 Å². The third kappa shape index (κ3) is 6.94. The van der Waals surface area contributed by atoms with Gasteiger partial charge in [0.15, 0.2) is 5.78 Å². The number of epoxide rings is 1. The number of methoxy groups -OCH3 is 1. The van der Waals surface area contributed by atoms with E-state index < -0.39 is 30.3 Å². The van der Waals surface area contributed by atoms with Crippen molar-refractivity contribution >= 4 is 17.6 Å². The van der Waals surface area contributed by atoms with E-state index in [0.29, 0.717) is 12.2 Å². The Hall–Kier alpha value is -2.10. The summed E-state index contributed by atoms with van der Waals surface area (Å²) in [5.41, 5.74) is 0.812. The Balaban J connectivity index is 1.43. The maximum absolute atomic E-state index is 12.4. The number of ketones is 2. The molecular weight excluding hydrogens is 428 g/mol. The molecule has 2 fully saturated rings. The summed E-state index contributed by atoms with van der Waals surface area (Å²) in [5.74, 6) is -0.527. The molecular formula is C25H34O8. The van der Waals surface area contributed by atoms with Crippen LogP contribution in [0.2, 0.25) is 0 Å². The molecule has 182 valence electrons. The van der Waals surface area contributed by atoms with E-state index in [9.17, 15) is 24.9 Å². The van der Waals surface area contributed by atoms with E-state index in [0.717, 1.165) is 5.56 Å². The highest BCUT2D eigenvalue weighted by molar-refractivity contribution is 6.06. The number of carbonyl (C=O) groups excluding carboxylic acids is 2. The van der Waals surface area contributed by atoms with Crippen molar-refractivity contribution in [3.05, 3.63) is 35.9 Å². The summed E-state index contributed by atoms with van der Waals surface area (Å²) >= 11 is 0. The molecule has 0 bridgehead atoms. The second-order valence-electron chi connectivity index (χ2n) is 9.08. The molecule has 1 aromatic rings. The van der Waals surface area contributed by atoms with Crippen molar-refractivity contribution in [2.45, 2.75) is 69.7 Å². The van der Waals surface area contributed by atoms with Crippen molar-refractivity contribution in [3.63, 3.8) is 0 Å². The number of ether oxygens (including phenoxy) is 3. The van der Waals surface area contributed by atoms with Crippen LogP contribution in [0, 0.1) is 11.8 Å². The van der Waals surface area contributed by atoms with Crippen LogP contribution in [0.25, 0.3) is 6.08 Å². The van der Waals surface area contributed by atoms with E-state index in [2.05, 4.69) is 0 Å². The molecule has 2 aliphatic rings. The maximum Gasteiger partial charge on any atom is 0.163 e. The van der Waals surface area contributed by atoms with E-state index in [4.69, 9.17) is 14.2 Å². The van der Waals surface area contributed by atoms with Crippen molar-refractivity contribution in [3.8, 4) is 5.75 Å². The highest BCUT2D eigenvalue weighted by Crippen LogP contribution is 2.37. The Morgan fingerprint density at radius 3 is 2.48 bits per heavy atom. The molecule has 3 N–H and O–H groups in total. The quantitative estimate of drug-likeness (QED) is 0.257. The standard InChI is InChI=1S/C25H34O8/c1-14(15(2)26)25-22(33-25)12-21-24(30)23(29)17(13-32-21)10-19(28)11-18(27)7-4-16-5-8-20(31-3)9-6-16/h4-9,14-15,17,21-26,29-30H,10-13H2,1-3H3/b7-4+/t14-,15-,17-,21-,22-,23+,24-,25-/m0/s1. The van der Waals surface area contributed by atoms with Gasteiger partial charge in [-0.1, -0.05) is 25.1 Å². The van der Waals surface area contributed by atoms with Crippen LogP contribution in [-0.4, -0.2) is 77.2 Å². The van der Waals surface area contributed by atoms with Gasteiger partial charge in [0.1, 0.15) is 17.6 Å². The van der Waals surface area contributed by atoms with Gasteiger partial charge in [-0.2, -0.15) is 0 Å². The third-order valence-electron chi connectivity index (χ3n) is 6.54. The topological polar surface area (TPSA) is 126 Å². The number of aliphatic hydroxyl groups is 3. The first-order valence-corrected chi connectivity index (χ1v) is 11.4. The van der Waals surface area contributed by atoms with E-state index >= 15 is 0 Å². The molecule has 0 aromatic heterocycles. The first-order chi connectivity index (χ1) is 15.7. The molecule has 2 saturated heterocycles. The average molecular weight is 463 g/mol. The molecule has 8 heteroatoms. The second kappa shape index (κ2) is 11.4. The van der Waals surface area contributed by atoms with Gasteiger partial charge in [-0.3, -0.25) is 9.59 Å². The summed E-state index contributed by atoms with van der Waals surface area (Å²) in [7, 11) is 1.57. The molecule has 3 rings (SSSR count). The minimum atomic E-state index is -1.14. The number of allylic oxidation sites excluding steroid dienone is 1. The van der Waals surface area contributed by atoms with Gasteiger partial charge in [-0.25, -0.2) is 0 Å². The molecule has 0 spiro atoms. The van der Waals surface area contributed by atoms with Gasteiger partial charge in [-0.05, 0) is 30.7 Å². The van der Waals surface area contributed by atoms with Crippen molar-refractivity contribution in [2.24, 2.45) is 11.8 Å². The third-order valence-corrected chi connectivity index (χ3v) is 6.54. The molecule has 0 aliphatic carbocycles.